The summed E-state index contributed by atoms with van der Waals surface area (Å²) in [4.78, 5) is 11.7. The second-order valence-electron chi connectivity index (χ2n) is 5.56. The summed E-state index contributed by atoms with van der Waals surface area (Å²) in [7, 11) is -3.96. The van der Waals surface area contributed by atoms with Crippen LogP contribution in [0, 0.1) is 17.7 Å². The van der Waals surface area contributed by atoms with Gasteiger partial charge in [0.15, 0.2) is 0 Å². The number of hydrogen-bond donors (Lipinski definition) is 2. The number of amides is 1. The van der Waals surface area contributed by atoms with Gasteiger partial charge in [-0.3, -0.25) is 4.79 Å². The van der Waals surface area contributed by atoms with Crippen molar-refractivity contribution >= 4 is 15.9 Å². The lowest BCUT2D eigenvalue weighted by Gasteiger charge is -2.16. The van der Waals surface area contributed by atoms with Crippen molar-refractivity contribution in [1.82, 2.24) is 5.32 Å². The highest BCUT2D eigenvalue weighted by Crippen LogP contribution is 2.30. The molecular weight excluding hydrogens is 295 g/mol. The molecule has 0 saturated heterocycles. The Balaban J connectivity index is 2.11. The number of halogens is 1. The lowest BCUT2D eigenvalue weighted by molar-refractivity contribution is 0.0940. The van der Waals surface area contributed by atoms with Crippen molar-refractivity contribution in [2.75, 3.05) is 6.54 Å². The molecule has 0 radical (unpaired) electrons. The number of hydrogen-bond acceptors (Lipinski definition) is 3. The molecule has 0 aromatic heterocycles. The van der Waals surface area contributed by atoms with Crippen LogP contribution in [0.25, 0.3) is 0 Å². The fourth-order valence-corrected chi connectivity index (χ4v) is 3.24. The molecule has 116 valence electrons. The molecule has 2 rings (SSSR count). The number of benzene rings is 1. The number of nitrogens with two attached hydrogens (primary N) is 1. The first-order valence-corrected chi connectivity index (χ1v) is 8.44. The summed E-state index contributed by atoms with van der Waals surface area (Å²) in [5.74, 6) is -0.458. The largest absolute Gasteiger partial charge is 0.352 e. The molecule has 7 heteroatoms. The van der Waals surface area contributed by atoms with Crippen molar-refractivity contribution < 1.29 is 17.6 Å². The molecule has 0 heterocycles. The van der Waals surface area contributed by atoms with Gasteiger partial charge in [-0.25, -0.2) is 17.9 Å². The molecule has 0 spiro atoms. The van der Waals surface area contributed by atoms with E-state index in [9.17, 15) is 17.6 Å². The summed E-state index contributed by atoms with van der Waals surface area (Å²) in [6.07, 6.45) is 3.31. The molecule has 1 aliphatic carbocycles. The van der Waals surface area contributed by atoms with Crippen LogP contribution in [0.1, 0.15) is 36.5 Å². The van der Waals surface area contributed by atoms with Gasteiger partial charge in [0.05, 0.1) is 10.5 Å². The maximum Gasteiger partial charge on any atom is 0.254 e. The van der Waals surface area contributed by atoms with Gasteiger partial charge in [0.2, 0.25) is 10.0 Å². The van der Waals surface area contributed by atoms with E-state index < -0.39 is 21.7 Å². The van der Waals surface area contributed by atoms with Crippen molar-refractivity contribution in [2.24, 2.45) is 17.0 Å². The van der Waals surface area contributed by atoms with E-state index in [1.807, 2.05) is 0 Å². The van der Waals surface area contributed by atoms with Gasteiger partial charge in [-0.2, -0.15) is 0 Å². The highest BCUT2D eigenvalue weighted by Gasteiger charge is 2.24. The van der Waals surface area contributed by atoms with E-state index >= 15 is 0 Å². The summed E-state index contributed by atoms with van der Waals surface area (Å²) in [5.41, 5.74) is -0.299. The fraction of sp³-hybridized carbons (Fsp3) is 0.500. The molecule has 2 unspecified atom stereocenters. The second-order valence-corrected chi connectivity index (χ2v) is 7.13. The van der Waals surface area contributed by atoms with E-state index in [4.69, 9.17) is 5.14 Å². The molecule has 1 saturated carbocycles. The summed E-state index contributed by atoms with van der Waals surface area (Å²) in [5, 5.41) is 7.66. The molecular formula is C14H19FN2O3S. The maximum atomic E-state index is 13.7. The predicted octanol–water partition coefficient (Wildman–Crippen LogP) is 1.64. The Morgan fingerprint density at radius 1 is 1.43 bits per heavy atom. The molecule has 1 fully saturated rings. The van der Waals surface area contributed by atoms with Crippen molar-refractivity contribution in [3.63, 3.8) is 0 Å². The standard InChI is InChI=1S/C14H19FN2O3S/c1-9-3-2-4-10(9)8-17-14(18)12-7-11(21(16,19)20)5-6-13(12)15/h5-7,9-10H,2-4,8H2,1H3,(H,17,18)(H2,16,19,20). The first-order valence-electron chi connectivity index (χ1n) is 6.89. The van der Waals surface area contributed by atoms with Crippen LogP contribution in [-0.2, 0) is 10.0 Å². The van der Waals surface area contributed by atoms with Gasteiger partial charge in [0.1, 0.15) is 5.82 Å². The third kappa shape index (κ3) is 3.79. The lowest BCUT2D eigenvalue weighted by atomic mass is 9.98. The fourth-order valence-electron chi connectivity index (χ4n) is 2.70. The first-order chi connectivity index (χ1) is 9.79. The van der Waals surface area contributed by atoms with Crippen LogP contribution in [0.3, 0.4) is 0 Å². The van der Waals surface area contributed by atoms with Gasteiger partial charge in [-0.05, 0) is 36.5 Å². The Morgan fingerprint density at radius 3 is 2.71 bits per heavy atom. The monoisotopic (exact) mass is 314 g/mol. The number of sulfonamides is 1. The van der Waals surface area contributed by atoms with Gasteiger partial charge < -0.3 is 5.32 Å². The van der Waals surface area contributed by atoms with Crippen molar-refractivity contribution in [2.45, 2.75) is 31.1 Å². The molecule has 1 amide bonds. The van der Waals surface area contributed by atoms with Gasteiger partial charge in [-0.15, -0.1) is 0 Å². The second kappa shape index (κ2) is 6.11. The molecule has 0 aliphatic heterocycles. The number of carbonyl (C=O) groups is 1. The van der Waals surface area contributed by atoms with Crippen LogP contribution in [-0.4, -0.2) is 20.9 Å². The minimum Gasteiger partial charge on any atom is -0.352 e. The van der Waals surface area contributed by atoms with E-state index in [0.29, 0.717) is 18.4 Å². The number of rotatable bonds is 4. The van der Waals surface area contributed by atoms with Crippen LogP contribution < -0.4 is 10.5 Å². The van der Waals surface area contributed by atoms with Crippen LogP contribution >= 0.6 is 0 Å². The van der Waals surface area contributed by atoms with E-state index in [1.165, 1.54) is 0 Å². The zero-order valence-corrected chi connectivity index (χ0v) is 12.6. The smallest absolute Gasteiger partial charge is 0.254 e. The Kier molecular flexibility index (Phi) is 4.63. The van der Waals surface area contributed by atoms with Gasteiger partial charge >= 0.3 is 0 Å². The topological polar surface area (TPSA) is 89.3 Å². The Labute approximate surface area is 123 Å². The number of nitrogens with one attached hydrogen (secondary N) is 1. The van der Waals surface area contributed by atoms with Crippen LogP contribution in [0.4, 0.5) is 4.39 Å². The zero-order valence-electron chi connectivity index (χ0n) is 11.8. The first kappa shape index (κ1) is 15.9. The van der Waals surface area contributed by atoms with Crippen molar-refractivity contribution in [3.05, 3.63) is 29.6 Å². The van der Waals surface area contributed by atoms with E-state index in [0.717, 1.165) is 37.5 Å². The summed E-state index contributed by atoms with van der Waals surface area (Å²) in [6.45, 7) is 2.60. The highest BCUT2D eigenvalue weighted by molar-refractivity contribution is 7.89. The van der Waals surface area contributed by atoms with Gasteiger partial charge in [-0.1, -0.05) is 19.8 Å². The SMILES string of the molecule is CC1CCCC1CNC(=O)c1cc(S(N)(=O)=O)ccc1F. The summed E-state index contributed by atoms with van der Waals surface area (Å²) < 4.78 is 36.2. The number of carbonyl (C=O) groups excluding carboxylic acids is 1. The third-order valence-electron chi connectivity index (χ3n) is 4.07. The van der Waals surface area contributed by atoms with Gasteiger partial charge in [0.25, 0.3) is 5.91 Å². The molecule has 21 heavy (non-hydrogen) atoms. The normalized spacial score (nSPS) is 22.2. The van der Waals surface area contributed by atoms with Crippen molar-refractivity contribution in [1.29, 1.82) is 0 Å². The van der Waals surface area contributed by atoms with Crippen molar-refractivity contribution in [3.8, 4) is 0 Å². The molecule has 0 bridgehead atoms. The van der Waals surface area contributed by atoms with Crippen LogP contribution in [0.15, 0.2) is 23.1 Å². The third-order valence-corrected chi connectivity index (χ3v) is 4.99. The quantitative estimate of drug-likeness (QED) is 0.885. The summed E-state index contributed by atoms with van der Waals surface area (Å²) in [6, 6.07) is 2.95. The van der Waals surface area contributed by atoms with Crippen LogP contribution in [0.2, 0.25) is 0 Å². The van der Waals surface area contributed by atoms with Gasteiger partial charge in [0, 0.05) is 6.54 Å². The Bertz CT molecular complexity index is 646. The summed E-state index contributed by atoms with van der Waals surface area (Å²) >= 11 is 0. The minimum atomic E-state index is -3.96. The molecule has 3 N–H and O–H groups in total. The molecule has 5 nitrogen and oxygen atoms in total. The number of primary sulfonamides is 1. The Morgan fingerprint density at radius 2 is 2.14 bits per heavy atom. The average Bonchev–Trinajstić information content (AvgIpc) is 2.80. The van der Waals surface area contributed by atoms with Crippen LogP contribution in [0.5, 0.6) is 0 Å². The zero-order chi connectivity index (χ0) is 15.6. The lowest BCUT2D eigenvalue weighted by Crippen LogP contribution is -2.31. The Hall–Kier alpha value is -1.47. The molecule has 1 aromatic rings. The highest BCUT2D eigenvalue weighted by atomic mass is 32.2. The van der Waals surface area contributed by atoms with E-state index in [2.05, 4.69) is 12.2 Å². The average molecular weight is 314 g/mol. The van der Waals surface area contributed by atoms with E-state index in [1.54, 1.807) is 0 Å². The maximum absolute atomic E-state index is 13.7. The molecule has 2 atom stereocenters. The predicted molar refractivity (Wildman–Crippen MR) is 76.6 cm³/mol. The molecule has 1 aliphatic rings. The molecule has 1 aromatic carbocycles. The minimum absolute atomic E-state index is 0.275. The van der Waals surface area contributed by atoms with E-state index in [-0.39, 0.29) is 10.5 Å².